The van der Waals surface area contributed by atoms with Gasteiger partial charge in [-0.25, -0.2) is 0 Å². The molecule has 88 valence electrons. The first-order chi connectivity index (χ1) is 7.06. The van der Waals surface area contributed by atoms with E-state index in [-0.39, 0.29) is 0 Å². The molecule has 0 amide bonds. The lowest BCUT2D eigenvalue weighted by Crippen LogP contribution is -2.55. The third-order valence-electron chi connectivity index (χ3n) is 2.52. The highest BCUT2D eigenvalue weighted by molar-refractivity contribution is 6.08. The van der Waals surface area contributed by atoms with Gasteiger partial charge in [0.05, 0.1) is 0 Å². The van der Waals surface area contributed by atoms with Gasteiger partial charge in [0, 0.05) is 6.54 Å². The molecule has 0 aromatic heterocycles. The molecular formula is C10H23BN2O2. The van der Waals surface area contributed by atoms with Crippen LogP contribution in [0.15, 0.2) is 0 Å². The van der Waals surface area contributed by atoms with Crippen molar-refractivity contribution in [2.75, 3.05) is 13.1 Å². The van der Waals surface area contributed by atoms with Crippen LogP contribution in [-0.4, -0.2) is 37.6 Å². The highest BCUT2D eigenvalue weighted by Crippen LogP contribution is 2.12. The van der Waals surface area contributed by atoms with Crippen molar-refractivity contribution in [3.8, 4) is 0 Å². The molecule has 4 N–H and O–H groups in total. The summed E-state index contributed by atoms with van der Waals surface area (Å²) in [4.78, 5) is 11.0. The predicted molar refractivity (Wildman–Crippen MR) is 64.9 cm³/mol. The SMILES string of the molecule is BCCCCC(N)(CNCCC)C(=O)O. The Bertz CT molecular complexity index is 178. The van der Waals surface area contributed by atoms with E-state index < -0.39 is 11.5 Å². The fraction of sp³-hybridized carbons (Fsp3) is 0.900. The Morgan fingerprint density at radius 2 is 2.20 bits per heavy atom. The molecule has 1 unspecified atom stereocenters. The van der Waals surface area contributed by atoms with Crippen LogP contribution in [0.4, 0.5) is 0 Å². The molecule has 5 heteroatoms. The van der Waals surface area contributed by atoms with Gasteiger partial charge < -0.3 is 16.2 Å². The van der Waals surface area contributed by atoms with Gasteiger partial charge in [-0.05, 0) is 19.4 Å². The molecule has 0 aromatic rings. The second-order valence-corrected chi connectivity index (χ2v) is 4.10. The number of nitrogens with one attached hydrogen (secondary N) is 1. The third-order valence-corrected chi connectivity index (χ3v) is 2.52. The Labute approximate surface area is 93.0 Å². The van der Waals surface area contributed by atoms with Crippen LogP contribution in [-0.2, 0) is 4.79 Å². The lowest BCUT2D eigenvalue weighted by atomic mass is 9.90. The maximum atomic E-state index is 11.0. The summed E-state index contributed by atoms with van der Waals surface area (Å²) in [5.74, 6) is -0.901. The first-order valence-electron chi connectivity index (χ1n) is 5.79. The Morgan fingerprint density at radius 3 is 2.67 bits per heavy atom. The molecular weight excluding hydrogens is 191 g/mol. The predicted octanol–water partition coefficient (Wildman–Crippen LogP) is -0.0102. The molecule has 0 radical (unpaired) electrons. The van der Waals surface area contributed by atoms with Crippen molar-refractivity contribution in [2.24, 2.45) is 5.73 Å². The molecule has 0 spiro atoms. The van der Waals surface area contributed by atoms with Crippen molar-refractivity contribution in [2.45, 2.75) is 44.5 Å². The van der Waals surface area contributed by atoms with E-state index in [1.807, 2.05) is 6.92 Å². The number of carboxylic acids is 1. The number of nitrogens with two attached hydrogens (primary N) is 1. The van der Waals surface area contributed by atoms with Crippen molar-refractivity contribution < 1.29 is 9.90 Å². The minimum atomic E-state index is -1.09. The van der Waals surface area contributed by atoms with E-state index in [9.17, 15) is 4.79 Å². The zero-order chi connectivity index (χ0) is 11.7. The fourth-order valence-electron chi connectivity index (χ4n) is 1.45. The number of hydrogen-bond donors (Lipinski definition) is 3. The van der Waals surface area contributed by atoms with Crippen molar-refractivity contribution in [1.29, 1.82) is 0 Å². The number of rotatable bonds is 9. The van der Waals surface area contributed by atoms with Crippen molar-refractivity contribution in [3.05, 3.63) is 0 Å². The summed E-state index contributed by atoms with van der Waals surface area (Å²) in [7, 11) is 2.09. The summed E-state index contributed by atoms with van der Waals surface area (Å²) in [5, 5.41) is 12.1. The minimum Gasteiger partial charge on any atom is -0.480 e. The van der Waals surface area contributed by atoms with Crippen molar-refractivity contribution >= 4 is 13.8 Å². The third kappa shape index (κ3) is 5.79. The fourth-order valence-corrected chi connectivity index (χ4v) is 1.45. The van der Waals surface area contributed by atoms with Crippen LogP contribution in [0.2, 0.25) is 6.32 Å². The smallest absolute Gasteiger partial charge is 0.325 e. The zero-order valence-electron chi connectivity index (χ0n) is 9.88. The number of carboxylic acid groups (broad SMARTS) is 1. The topological polar surface area (TPSA) is 75.3 Å². The zero-order valence-corrected chi connectivity index (χ0v) is 9.88. The van der Waals surface area contributed by atoms with Gasteiger partial charge in [-0.3, -0.25) is 4.79 Å². The molecule has 0 saturated carbocycles. The first kappa shape index (κ1) is 14.5. The summed E-state index contributed by atoms with van der Waals surface area (Å²) in [6, 6.07) is 0. The summed E-state index contributed by atoms with van der Waals surface area (Å²) in [6.07, 6.45) is 4.54. The van der Waals surface area contributed by atoms with Gasteiger partial charge in [-0.2, -0.15) is 0 Å². The second kappa shape index (κ2) is 7.71. The summed E-state index contributed by atoms with van der Waals surface area (Å²) >= 11 is 0. The normalized spacial score (nSPS) is 14.8. The van der Waals surface area contributed by atoms with Gasteiger partial charge >= 0.3 is 5.97 Å². The van der Waals surface area contributed by atoms with Crippen molar-refractivity contribution in [3.63, 3.8) is 0 Å². The van der Waals surface area contributed by atoms with E-state index in [0.29, 0.717) is 13.0 Å². The molecule has 0 bridgehead atoms. The highest BCUT2D eigenvalue weighted by atomic mass is 16.4. The van der Waals surface area contributed by atoms with Crippen LogP contribution in [0.25, 0.3) is 0 Å². The molecule has 0 aliphatic rings. The molecule has 0 aromatic carbocycles. The largest absolute Gasteiger partial charge is 0.480 e. The average molecular weight is 214 g/mol. The van der Waals surface area contributed by atoms with E-state index in [2.05, 4.69) is 13.2 Å². The Morgan fingerprint density at radius 1 is 1.53 bits per heavy atom. The average Bonchev–Trinajstić information content (AvgIpc) is 2.18. The van der Waals surface area contributed by atoms with Gasteiger partial charge in [0.25, 0.3) is 0 Å². The van der Waals surface area contributed by atoms with Crippen LogP contribution >= 0.6 is 0 Å². The summed E-state index contributed by atoms with van der Waals surface area (Å²) in [5.41, 5.74) is 4.77. The maximum absolute atomic E-state index is 11.0. The second-order valence-electron chi connectivity index (χ2n) is 4.10. The van der Waals surface area contributed by atoms with Crippen LogP contribution in [0.3, 0.4) is 0 Å². The summed E-state index contributed by atoms with van der Waals surface area (Å²) < 4.78 is 0. The molecule has 0 rings (SSSR count). The van der Waals surface area contributed by atoms with Gasteiger partial charge in [0.15, 0.2) is 0 Å². The minimum absolute atomic E-state index is 0.361. The standard InChI is InChI=1S/C10H23BN2O2/c1-2-7-13-8-10(12,9(14)15)5-3-4-6-11/h13H,2-8,11-12H2,1H3,(H,14,15). The number of carbonyl (C=O) groups is 1. The molecule has 0 fully saturated rings. The molecule has 0 saturated heterocycles. The van der Waals surface area contributed by atoms with Crippen LogP contribution < -0.4 is 11.1 Å². The monoisotopic (exact) mass is 214 g/mol. The molecule has 0 aliphatic heterocycles. The molecule has 4 nitrogen and oxygen atoms in total. The van der Waals surface area contributed by atoms with Crippen LogP contribution in [0, 0.1) is 0 Å². The Hall–Kier alpha value is -0.545. The quantitative estimate of drug-likeness (QED) is 0.372. The van der Waals surface area contributed by atoms with Gasteiger partial charge in [0.1, 0.15) is 13.4 Å². The van der Waals surface area contributed by atoms with Gasteiger partial charge in [-0.15, -0.1) is 0 Å². The van der Waals surface area contributed by atoms with E-state index in [1.165, 1.54) is 0 Å². The summed E-state index contributed by atoms with van der Waals surface area (Å²) in [6.45, 7) is 3.23. The number of unbranched alkanes of at least 4 members (excludes halogenated alkanes) is 1. The van der Waals surface area contributed by atoms with E-state index >= 15 is 0 Å². The molecule has 1 atom stereocenters. The number of aliphatic carboxylic acids is 1. The van der Waals surface area contributed by atoms with Crippen molar-refractivity contribution in [1.82, 2.24) is 5.32 Å². The highest BCUT2D eigenvalue weighted by Gasteiger charge is 2.32. The Kier molecular flexibility index (Phi) is 7.43. The lowest BCUT2D eigenvalue weighted by molar-refractivity contribution is -0.143. The maximum Gasteiger partial charge on any atom is 0.325 e. The van der Waals surface area contributed by atoms with Crippen LogP contribution in [0.1, 0.15) is 32.6 Å². The first-order valence-corrected chi connectivity index (χ1v) is 5.79. The molecule has 15 heavy (non-hydrogen) atoms. The van der Waals surface area contributed by atoms with E-state index in [4.69, 9.17) is 10.8 Å². The van der Waals surface area contributed by atoms with Crippen LogP contribution in [0.5, 0.6) is 0 Å². The van der Waals surface area contributed by atoms with Gasteiger partial charge in [0.2, 0.25) is 0 Å². The Balaban J connectivity index is 4.01. The number of hydrogen-bond acceptors (Lipinski definition) is 3. The van der Waals surface area contributed by atoms with E-state index in [1.54, 1.807) is 0 Å². The van der Waals surface area contributed by atoms with E-state index in [0.717, 1.165) is 32.1 Å². The molecule has 0 aliphatic carbocycles. The lowest BCUT2D eigenvalue weighted by Gasteiger charge is -2.25. The molecule has 0 heterocycles. The van der Waals surface area contributed by atoms with Gasteiger partial charge in [-0.1, -0.05) is 26.1 Å².